The van der Waals surface area contributed by atoms with Crippen molar-refractivity contribution in [2.45, 2.75) is 56.0 Å². The topological polar surface area (TPSA) is 113 Å². The van der Waals surface area contributed by atoms with Gasteiger partial charge in [-0.15, -0.1) is 0 Å². The van der Waals surface area contributed by atoms with Crippen molar-refractivity contribution in [3.8, 4) is 0 Å². The van der Waals surface area contributed by atoms with Gasteiger partial charge in [0.05, 0.1) is 27.3 Å². The molecule has 1 fully saturated rings. The van der Waals surface area contributed by atoms with Gasteiger partial charge in [0, 0.05) is 11.6 Å². The molecule has 3 N–H and O–H groups in total. The normalized spacial score (nSPS) is 16.8. The summed E-state index contributed by atoms with van der Waals surface area (Å²) in [6.07, 6.45) is -2.19. The maximum absolute atomic E-state index is 13.2. The lowest BCUT2D eigenvalue weighted by Crippen LogP contribution is -2.46. The van der Waals surface area contributed by atoms with Gasteiger partial charge in [-0.05, 0) is 43.1 Å². The number of carboxylic acids is 1. The second-order valence-electron chi connectivity index (χ2n) is 8.20. The largest absolute Gasteiger partial charge is 0.490 e. The van der Waals surface area contributed by atoms with Crippen molar-refractivity contribution in [2.24, 2.45) is 0 Å². The minimum absolute atomic E-state index is 0.000782. The number of hydrogen-bond acceptors (Lipinski definition) is 5. The highest BCUT2D eigenvalue weighted by atomic mass is 35.5. The van der Waals surface area contributed by atoms with E-state index < -0.39 is 40.6 Å². The summed E-state index contributed by atoms with van der Waals surface area (Å²) in [4.78, 5) is 22.2. The van der Waals surface area contributed by atoms with Crippen LogP contribution in [0.25, 0.3) is 0 Å². The number of rotatable bonds is 7. The SMILES string of the molecule is CCS(=O)(=O)c1cccc(C(NC(=O)c2cccc(CF)c2Cl)C2CCCCN2)c1.O=C(O)C(F)(F)F. The molecule has 1 aliphatic heterocycles. The van der Waals surface area contributed by atoms with Gasteiger partial charge < -0.3 is 15.7 Å². The van der Waals surface area contributed by atoms with E-state index in [0.717, 1.165) is 25.8 Å². The highest BCUT2D eigenvalue weighted by molar-refractivity contribution is 7.91. The molecule has 13 heteroatoms. The molecule has 1 aliphatic rings. The molecule has 1 saturated heterocycles. The van der Waals surface area contributed by atoms with Crippen LogP contribution in [0.5, 0.6) is 0 Å². The summed E-state index contributed by atoms with van der Waals surface area (Å²) in [5, 5.41) is 13.6. The number of hydrogen-bond donors (Lipinski definition) is 3. The van der Waals surface area contributed by atoms with Gasteiger partial charge in [0.2, 0.25) is 0 Å². The molecule has 2 aromatic rings. The number of benzene rings is 2. The Bertz CT molecular complexity index is 1200. The molecule has 0 spiro atoms. The van der Waals surface area contributed by atoms with Crippen LogP contribution in [0.15, 0.2) is 47.4 Å². The number of amides is 1. The molecule has 7 nitrogen and oxygen atoms in total. The van der Waals surface area contributed by atoms with Crippen molar-refractivity contribution in [1.29, 1.82) is 0 Å². The Morgan fingerprint density at radius 2 is 1.84 bits per heavy atom. The average Bonchev–Trinajstić information content (AvgIpc) is 2.87. The number of carbonyl (C=O) groups is 2. The van der Waals surface area contributed by atoms with Crippen LogP contribution in [0.4, 0.5) is 17.6 Å². The second kappa shape index (κ2) is 13.2. The molecule has 3 rings (SSSR count). The minimum atomic E-state index is -5.08. The number of halogens is 5. The van der Waals surface area contributed by atoms with E-state index in [1.54, 1.807) is 43.3 Å². The minimum Gasteiger partial charge on any atom is -0.475 e. The zero-order chi connectivity index (χ0) is 27.8. The quantitative estimate of drug-likeness (QED) is 0.413. The van der Waals surface area contributed by atoms with Gasteiger partial charge in [-0.25, -0.2) is 17.6 Å². The predicted molar refractivity (Wildman–Crippen MR) is 130 cm³/mol. The Labute approximate surface area is 217 Å². The number of piperidine rings is 1. The number of aliphatic carboxylic acids is 1. The van der Waals surface area contributed by atoms with Crippen LogP contribution in [0.2, 0.25) is 5.02 Å². The summed E-state index contributed by atoms with van der Waals surface area (Å²) in [5.41, 5.74) is 1.16. The molecule has 0 radical (unpaired) electrons. The Kier molecular flexibility index (Phi) is 10.9. The lowest BCUT2D eigenvalue weighted by molar-refractivity contribution is -0.192. The van der Waals surface area contributed by atoms with E-state index in [0.29, 0.717) is 5.56 Å². The lowest BCUT2D eigenvalue weighted by Gasteiger charge is -2.32. The van der Waals surface area contributed by atoms with Crippen molar-refractivity contribution < 1.29 is 40.7 Å². The maximum atomic E-state index is 13.2. The van der Waals surface area contributed by atoms with E-state index >= 15 is 0 Å². The Hall–Kier alpha value is -2.70. The molecule has 1 heterocycles. The summed E-state index contributed by atoms with van der Waals surface area (Å²) >= 11 is 6.23. The zero-order valence-electron chi connectivity index (χ0n) is 19.8. The lowest BCUT2D eigenvalue weighted by atomic mass is 9.92. The van der Waals surface area contributed by atoms with Crippen LogP contribution in [-0.2, 0) is 21.3 Å². The number of carboxylic acid groups (broad SMARTS) is 1. The highest BCUT2D eigenvalue weighted by Gasteiger charge is 2.38. The fourth-order valence-corrected chi connectivity index (χ4v) is 4.92. The molecule has 0 bridgehead atoms. The van der Waals surface area contributed by atoms with Crippen molar-refractivity contribution >= 4 is 33.3 Å². The number of carbonyl (C=O) groups excluding carboxylic acids is 1. The van der Waals surface area contributed by atoms with Crippen LogP contribution in [0.1, 0.15) is 53.7 Å². The van der Waals surface area contributed by atoms with E-state index in [-0.39, 0.29) is 32.8 Å². The van der Waals surface area contributed by atoms with E-state index in [2.05, 4.69) is 10.6 Å². The number of alkyl halides is 4. The summed E-state index contributed by atoms with van der Waals surface area (Å²) in [6.45, 7) is 1.66. The Morgan fingerprint density at radius 1 is 1.19 bits per heavy atom. The molecule has 204 valence electrons. The molecule has 2 unspecified atom stereocenters. The van der Waals surface area contributed by atoms with Crippen LogP contribution in [0.3, 0.4) is 0 Å². The maximum Gasteiger partial charge on any atom is 0.490 e. The van der Waals surface area contributed by atoms with E-state index in [1.807, 2.05) is 6.07 Å². The van der Waals surface area contributed by atoms with E-state index in [9.17, 15) is 30.8 Å². The third-order valence-electron chi connectivity index (χ3n) is 5.70. The predicted octanol–water partition coefficient (Wildman–Crippen LogP) is 4.85. The van der Waals surface area contributed by atoms with Gasteiger partial charge >= 0.3 is 12.1 Å². The van der Waals surface area contributed by atoms with Gasteiger partial charge in [0.15, 0.2) is 9.84 Å². The first-order valence-electron chi connectivity index (χ1n) is 11.3. The zero-order valence-corrected chi connectivity index (χ0v) is 21.4. The first kappa shape index (κ1) is 30.5. The Morgan fingerprint density at radius 3 is 2.38 bits per heavy atom. The third kappa shape index (κ3) is 8.41. The first-order chi connectivity index (χ1) is 17.3. The summed E-state index contributed by atoms with van der Waals surface area (Å²) < 4.78 is 69.6. The smallest absolute Gasteiger partial charge is 0.475 e. The molecule has 37 heavy (non-hydrogen) atoms. The van der Waals surface area contributed by atoms with Gasteiger partial charge in [0.1, 0.15) is 6.67 Å². The van der Waals surface area contributed by atoms with Gasteiger partial charge in [-0.2, -0.15) is 13.2 Å². The first-order valence-corrected chi connectivity index (χ1v) is 13.3. The summed E-state index contributed by atoms with van der Waals surface area (Å²) in [7, 11) is -3.38. The summed E-state index contributed by atoms with van der Waals surface area (Å²) in [5.74, 6) is -3.18. The molecule has 2 atom stereocenters. The molecule has 0 saturated carbocycles. The number of nitrogens with one attached hydrogen (secondary N) is 2. The second-order valence-corrected chi connectivity index (χ2v) is 10.9. The molecule has 1 amide bonds. The fraction of sp³-hybridized carbons (Fsp3) is 0.417. The number of sulfone groups is 1. The van der Waals surface area contributed by atoms with Crippen LogP contribution in [0, 0.1) is 0 Å². The molecular formula is C24H27ClF4N2O5S. The Balaban J connectivity index is 0.000000604. The molecular weight excluding hydrogens is 540 g/mol. The third-order valence-corrected chi connectivity index (χ3v) is 7.88. The van der Waals surface area contributed by atoms with E-state index in [1.165, 1.54) is 0 Å². The standard InChI is InChI=1S/C22H26ClFN2O3S.C2HF3O2/c1-2-30(28,29)17-9-5-7-15(13-17)21(19-11-3-4-12-25-19)26-22(27)18-10-6-8-16(14-24)20(18)23;3-2(4,5)1(6)7/h5-10,13,19,21,25H,2-4,11-12,14H2,1H3,(H,26,27);(H,6,7). The van der Waals surface area contributed by atoms with Crippen LogP contribution in [-0.4, -0.2) is 49.9 Å². The van der Waals surface area contributed by atoms with Crippen LogP contribution < -0.4 is 10.6 Å². The van der Waals surface area contributed by atoms with Crippen molar-refractivity contribution in [3.05, 3.63) is 64.2 Å². The van der Waals surface area contributed by atoms with Crippen molar-refractivity contribution in [3.63, 3.8) is 0 Å². The highest BCUT2D eigenvalue weighted by Crippen LogP contribution is 2.28. The van der Waals surface area contributed by atoms with E-state index in [4.69, 9.17) is 21.5 Å². The monoisotopic (exact) mass is 566 g/mol. The van der Waals surface area contributed by atoms with Crippen molar-refractivity contribution in [1.82, 2.24) is 10.6 Å². The molecule has 0 aliphatic carbocycles. The van der Waals surface area contributed by atoms with Gasteiger partial charge in [-0.3, -0.25) is 4.79 Å². The molecule has 0 aromatic heterocycles. The summed E-state index contributed by atoms with van der Waals surface area (Å²) in [6, 6.07) is 10.9. The average molecular weight is 567 g/mol. The van der Waals surface area contributed by atoms with Gasteiger partial charge in [-0.1, -0.05) is 49.2 Å². The van der Waals surface area contributed by atoms with Crippen LogP contribution >= 0.6 is 11.6 Å². The fourth-order valence-electron chi connectivity index (χ4n) is 3.72. The van der Waals surface area contributed by atoms with Gasteiger partial charge in [0.25, 0.3) is 5.91 Å². The van der Waals surface area contributed by atoms with Crippen molar-refractivity contribution in [2.75, 3.05) is 12.3 Å². The molecule has 2 aromatic carbocycles.